The highest BCUT2D eigenvalue weighted by Crippen LogP contribution is 2.06. The third-order valence-corrected chi connectivity index (χ3v) is 2.29. The fourth-order valence-corrected chi connectivity index (χ4v) is 1.32. The van der Waals surface area contributed by atoms with Gasteiger partial charge in [-0.3, -0.25) is 0 Å². The number of methoxy groups -OCH3 is 1. The topological polar surface area (TPSA) is 35.5 Å². The highest BCUT2D eigenvalue weighted by Gasteiger charge is 2.28. The van der Waals surface area contributed by atoms with Crippen molar-refractivity contribution in [3.05, 3.63) is 0 Å². The Kier molecular flexibility index (Phi) is 3.05. The molecular weight excluding hydrogens is 158 g/mol. The second-order valence-electron chi connectivity index (χ2n) is 3.41. The first-order valence-electron chi connectivity index (χ1n) is 4.14. The Bertz CT molecular complexity index is 164. The molecule has 0 spiro atoms. The van der Waals surface area contributed by atoms with Crippen molar-refractivity contribution >= 4 is 5.97 Å². The van der Waals surface area contributed by atoms with Crippen LogP contribution in [0.3, 0.4) is 0 Å². The third kappa shape index (κ3) is 2.46. The molecule has 0 saturated carbocycles. The van der Waals surface area contributed by atoms with Crippen LogP contribution in [0.5, 0.6) is 0 Å². The monoisotopic (exact) mass is 174 g/mol. The smallest absolute Gasteiger partial charge is 0.361 e. The van der Waals surface area contributed by atoms with Crippen LogP contribution in [-0.2, 0) is 14.3 Å². The summed E-state index contributed by atoms with van der Waals surface area (Å²) in [7, 11) is 3.48. The number of hydrogen-bond donors (Lipinski definition) is 0. The predicted octanol–water partition coefficient (Wildman–Crippen LogP) is -0.364. The van der Waals surface area contributed by atoms with Crippen LogP contribution in [0.1, 0.15) is 0 Å². The van der Waals surface area contributed by atoms with Crippen LogP contribution >= 0.6 is 0 Å². The van der Waals surface area contributed by atoms with Crippen molar-refractivity contribution in [3.63, 3.8) is 0 Å². The van der Waals surface area contributed by atoms with E-state index in [1.807, 2.05) is 0 Å². The van der Waals surface area contributed by atoms with Crippen molar-refractivity contribution in [2.24, 2.45) is 0 Å². The summed E-state index contributed by atoms with van der Waals surface area (Å²) in [5.74, 6) is -0.139. The fourth-order valence-electron chi connectivity index (χ4n) is 1.32. The van der Waals surface area contributed by atoms with E-state index >= 15 is 0 Å². The lowest BCUT2D eigenvalue weighted by atomic mass is 10.3. The van der Waals surface area contributed by atoms with E-state index in [9.17, 15) is 4.79 Å². The Labute approximate surface area is 72.6 Å². The number of carbonyl (C=O) groups is 1. The number of morpholine rings is 1. The lowest BCUT2D eigenvalue weighted by molar-refractivity contribution is -0.910. The highest BCUT2D eigenvalue weighted by molar-refractivity contribution is 5.70. The Morgan fingerprint density at radius 3 is 2.58 bits per heavy atom. The van der Waals surface area contributed by atoms with Crippen LogP contribution in [0.15, 0.2) is 0 Å². The molecule has 0 aromatic rings. The lowest BCUT2D eigenvalue weighted by Crippen LogP contribution is -2.54. The van der Waals surface area contributed by atoms with Gasteiger partial charge in [-0.2, -0.15) is 0 Å². The van der Waals surface area contributed by atoms with Crippen LogP contribution in [0.4, 0.5) is 0 Å². The minimum absolute atomic E-state index is 0.139. The number of rotatable bonds is 2. The van der Waals surface area contributed by atoms with Gasteiger partial charge in [-0.1, -0.05) is 0 Å². The maximum Gasteiger partial charge on any atom is 0.361 e. The number of ether oxygens (including phenoxy) is 2. The third-order valence-electron chi connectivity index (χ3n) is 2.29. The van der Waals surface area contributed by atoms with E-state index in [0.29, 0.717) is 6.54 Å². The summed E-state index contributed by atoms with van der Waals surface area (Å²) in [4.78, 5) is 11.0. The van der Waals surface area contributed by atoms with Crippen LogP contribution in [0, 0.1) is 0 Å². The summed E-state index contributed by atoms with van der Waals surface area (Å²) < 4.78 is 10.6. The van der Waals surface area contributed by atoms with Gasteiger partial charge in [0.25, 0.3) is 0 Å². The van der Waals surface area contributed by atoms with Crippen molar-refractivity contribution in [3.8, 4) is 0 Å². The number of quaternary nitrogens is 1. The van der Waals surface area contributed by atoms with Gasteiger partial charge in [0.15, 0.2) is 6.54 Å². The zero-order valence-electron chi connectivity index (χ0n) is 7.71. The zero-order valence-corrected chi connectivity index (χ0v) is 7.71. The molecule has 0 aromatic heterocycles. The second kappa shape index (κ2) is 3.87. The second-order valence-corrected chi connectivity index (χ2v) is 3.41. The highest BCUT2D eigenvalue weighted by atomic mass is 16.5. The number of nitrogens with zero attached hydrogens (tertiary/aromatic N) is 1. The number of esters is 1. The van der Waals surface area contributed by atoms with Gasteiger partial charge in [0.1, 0.15) is 13.1 Å². The van der Waals surface area contributed by atoms with Crippen molar-refractivity contribution < 1.29 is 18.8 Å². The molecule has 0 unspecified atom stereocenters. The minimum Gasteiger partial charge on any atom is -0.465 e. The van der Waals surface area contributed by atoms with Gasteiger partial charge in [0, 0.05) is 0 Å². The van der Waals surface area contributed by atoms with Gasteiger partial charge in [0.2, 0.25) is 0 Å². The summed E-state index contributed by atoms with van der Waals surface area (Å²) in [6.07, 6.45) is 0. The van der Waals surface area contributed by atoms with Crippen molar-refractivity contribution in [1.82, 2.24) is 0 Å². The van der Waals surface area contributed by atoms with Crippen molar-refractivity contribution in [2.75, 3.05) is 47.0 Å². The maximum atomic E-state index is 11.0. The zero-order chi connectivity index (χ0) is 9.03. The lowest BCUT2D eigenvalue weighted by Gasteiger charge is -2.36. The molecule has 1 aliphatic heterocycles. The summed E-state index contributed by atoms with van der Waals surface area (Å²) in [6, 6.07) is 0. The molecule has 0 N–H and O–H groups in total. The van der Waals surface area contributed by atoms with Crippen LogP contribution < -0.4 is 0 Å². The largest absolute Gasteiger partial charge is 0.465 e. The Hall–Kier alpha value is -0.610. The molecule has 4 heteroatoms. The van der Waals surface area contributed by atoms with Gasteiger partial charge < -0.3 is 14.0 Å². The summed E-state index contributed by atoms with van der Waals surface area (Å²) in [6.45, 7) is 3.74. The molecule has 1 rings (SSSR count). The Morgan fingerprint density at radius 1 is 1.50 bits per heavy atom. The van der Waals surface area contributed by atoms with E-state index in [2.05, 4.69) is 11.8 Å². The van der Waals surface area contributed by atoms with Gasteiger partial charge in [-0.05, 0) is 0 Å². The molecule has 0 bridgehead atoms. The normalized spacial score (nSPS) is 21.8. The standard InChI is InChI=1S/C8H16NO3/c1-9(7-8(10)11-2)3-5-12-6-4-9/h3-7H2,1-2H3/q+1. The summed E-state index contributed by atoms with van der Waals surface area (Å²) >= 11 is 0. The van der Waals surface area contributed by atoms with E-state index in [4.69, 9.17) is 4.74 Å². The summed E-state index contributed by atoms with van der Waals surface area (Å²) in [5.41, 5.74) is 0. The number of likely N-dealkylation sites (N-methyl/N-ethyl adjacent to an activating group) is 1. The molecule has 12 heavy (non-hydrogen) atoms. The number of hydrogen-bond acceptors (Lipinski definition) is 3. The van der Waals surface area contributed by atoms with Crippen LogP contribution in [-0.4, -0.2) is 57.5 Å². The van der Waals surface area contributed by atoms with Crippen LogP contribution in [0.2, 0.25) is 0 Å². The first-order valence-corrected chi connectivity index (χ1v) is 4.14. The quantitative estimate of drug-likeness (QED) is 0.423. The molecule has 0 aromatic carbocycles. The first kappa shape index (κ1) is 9.48. The first-order chi connectivity index (χ1) is 5.66. The molecule has 1 aliphatic rings. The average Bonchev–Trinajstić information content (AvgIpc) is 2.05. The fraction of sp³-hybridized carbons (Fsp3) is 0.875. The molecule has 0 atom stereocenters. The molecule has 1 heterocycles. The van der Waals surface area contributed by atoms with E-state index < -0.39 is 0 Å². The van der Waals surface area contributed by atoms with Gasteiger partial charge in [-0.15, -0.1) is 0 Å². The van der Waals surface area contributed by atoms with E-state index in [0.717, 1.165) is 30.8 Å². The number of carbonyl (C=O) groups excluding carboxylic acids is 1. The van der Waals surface area contributed by atoms with E-state index in [1.54, 1.807) is 0 Å². The maximum absolute atomic E-state index is 11.0. The molecule has 70 valence electrons. The predicted molar refractivity (Wildman–Crippen MR) is 43.6 cm³/mol. The average molecular weight is 174 g/mol. The Morgan fingerprint density at radius 2 is 2.08 bits per heavy atom. The van der Waals surface area contributed by atoms with Gasteiger partial charge in [0.05, 0.1) is 27.4 Å². The van der Waals surface area contributed by atoms with Crippen LogP contribution in [0.25, 0.3) is 0 Å². The summed E-state index contributed by atoms with van der Waals surface area (Å²) in [5, 5.41) is 0. The molecule has 1 fully saturated rings. The van der Waals surface area contributed by atoms with Gasteiger partial charge >= 0.3 is 5.97 Å². The molecule has 0 amide bonds. The van der Waals surface area contributed by atoms with E-state index in [-0.39, 0.29) is 5.97 Å². The SMILES string of the molecule is COC(=O)C[N+]1(C)CCOCC1. The van der Waals surface area contributed by atoms with E-state index in [1.165, 1.54) is 7.11 Å². The van der Waals surface area contributed by atoms with Gasteiger partial charge in [-0.25, -0.2) is 4.79 Å². The Balaban J connectivity index is 2.41. The minimum atomic E-state index is -0.139. The van der Waals surface area contributed by atoms with Crippen molar-refractivity contribution in [2.45, 2.75) is 0 Å². The molecular formula is C8H16NO3+. The molecule has 4 nitrogen and oxygen atoms in total. The molecule has 1 saturated heterocycles. The molecule has 0 radical (unpaired) electrons. The molecule has 0 aliphatic carbocycles. The van der Waals surface area contributed by atoms with Crippen molar-refractivity contribution in [1.29, 1.82) is 0 Å².